The van der Waals surface area contributed by atoms with Gasteiger partial charge in [0.15, 0.2) is 5.69 Å². The fourth-order valence-corrected chi connectivity index (χ4v) is 3.38. The van der Waals surface area contributed by atoms with Crippen molar-refractivity contribution in [1.82, 2.24) is 15.1 Å². The van der Waals surface area contributed by atoms with E-state index < -0.39 is 5.91 Å². The second kappa shape index (κ2) is 8.71. The monoisotopic (exact) mass is 415 g/mol. The van der Waals surface area contributed by atoms with Crippen LogP contribution < -0.4 is 20.3 Å². The highest BCUT2D eigenvalue weighted by molar-refractivity contribution is 6.04. The maximum absolute atomic E-state index is 13.1. The summed E-state index contributed by atoms with van der Waals surface area (Å²) in [6.07, 6.45) is 0. The zero-order valence-electron chi connectivity index (χ0n) is 17.2. The molecule has 1 aromatic heterocycles. The summed E-state index contributed by atoms with van der Waals surface area (Å²) in [5.41, 5.74) is 1.19. The molecule has 7 nitrogen and oxygen atoms in total. The third-order valence-corrected chi connectivity index (χ3v) is 4.95. The van der Waals surface area contributed by atoms with Crippen molar-refractivity contribution in [2.75, 3.05) is 14.2 Å². The number of nitrogens with zero attached hydrogens (tertiary/aromatic N) is 2. The Morgan fingerprint density at radius 3 is 2.45 bits per heavy atom. The molecule has 0 unspecified atom stereocenters. The van der Waals surface area contributed by atoms with Crippen molar-refractivity contribution < 1.29 is 14.3 Å². The van der Waals surface area contributed by atoms with Gasteiger partial charge in [0, 0.05) is 23.6 Å². The third-order valence-electron chi connectivity index (χ3n) is 4.95. The normalized spacial score (nSPS) is 10.6. The maximum Gasteiger partial charge on any atom is 0.279 e. The second-order valence-electron chi connectivity index (χ2n) is 6.81. The van der Waals surface area contributed by atoms with E-state index in [1.807, 2.05) is 24.3 Å². The van der Waals surface area contributed by atoms with Crippen molar-refractivity contribution in [2.45, 2.75) is 6.54 Å². The molecule has 0 spiro atoms. The fourth-order valence-electron chi connectivity index (χ4n) is 3.38. The van der Waals surface area contributed by atoms with Crippen LogP contribution >= 0.6 is 0 Å². The third kappa shape index (κ3) is 3.98. The van der Waals surface area contributed by atoms with E-state index in [0.717, 1.165) is 5.56 Å². The van der Waals surface area contributed by atoms with Gasteiger partial charge in [0.05, 0.1) is 25.3 Å². The Labute approximate surface area is 178 Å². The number of ether oxygens (including phenoxy) is 2. The number of aromatic nitrogens is 2. The summed E-state index contributed by atoms with van der Waals surface area (Å²) in [6.45, 7) is 0.261. The summed E-state index contributed by atoms with van der Waals surface area (Å²) >= 11 is 0. The van der Waals surface area contributed by atoms with E-state index in [4.69, 9.17) is 9.47 Å². The van der Waals surface area contributed by atoms with Gasteiger partial charge >= 0.3 is 0 Å². The average molecular weight is 415 g/mol. The quantitative estimate of drug-likeness (QED) is 0.522. The molecule has 3 aromatic carbocycles. The van der Waals surface area contributed by atoms with Crippen LogP contribution in [-0.2, 0) is 6.54 Å². The molecule has 31 heavy (non-hydrogen) atoms. The molecule has 0 bridgehead atoms. The van der Waals surface area contributed by atoms with Gasteiger partial charge in [-0.3, -0.25) is 9.59 Å². The zero-order chi connectivity index (χ0) is 21.8. The molecule has 1 amide bonds. The van der Waals surface area contributed by atoms with Crippen molar-refractivity contribution in [3.05, 3.63) is 94.4 Å². The fraction of sp³-hybridized carbons (Fsp3) is 0.125. The number of carbonyl (C=O) groups is 1. The topological polar surface area (TPSA) is 82.5 Å². The lowest BCUT2D eigenvalue weighted by molar-refractivity contribution is 0.0946. The van der Waals surface area contributed by atoms with E-state index in [1.165, 1.54) is 4.68 Å². The van der Waals surface area contributed by atoms with Gasteiger partial charge in [0.25, 0.3) is 11.5 Å². The predicted molar refractivity (Wildman–Crippen MR) is 118 cm³/mol. The first-order valence-electron chi connectivity index (χ1n) is 9.69. The number of nitrogens with one attached hydrogen (secondary N) is 1. The lowest BCUT2D eigenvalue weighted by atomic mass is 10.1. The van der Waals surface area contributed by atoms with E-state index in [2.05, 4.69) is 10.4 Å². The number of para-hydroxylation sites is 1. The molecule has 0 atom stereocenters. The first-order valence-corrected chi connectivity index (χ1v) is 9.69. The summed E-state index contributed by atoms with van der Waals surface area (Å²) in [4.78, 5) is 26.2. The Morgan fingerprint density at radius 1 is 0.935 bits per heavy atom. The van der Waals surface area contributed by atoms with Gasteiger partial charge in [-0.15, -0.1) is 0 Å². The Hall–Kier alpha value is -4.13. The van der Waals surface area contributed by atoms with Crippen molar-refractivity contribution in [1.29, 1.82) is 0 Å². The molecular weight excluding hydrogens is 394 g/mol. The summed E-state index contributed by atoms with van der Waals surface area (Å²) in [7, 11) is 3.13. The van der Waals surface area contributed by atoms with Gasteiger partial charge in [0.1, 0.15) is 11.5 Å². The molecular formula is C24H21N3O4. The Balaban J connectivity index is 1.77. The zero-order valence-corrected chi connectivity index (χ0v) is 17.2. The first-order chi connectivity index (χ1) is 15.1. The standard InChI is InChI=1S/C24H21N3O4/c1-30-18-10-7-9-17(14-18)27-24(29)20-12-5-4-11-19(20)22(26-27)23(28)25-15-16-8-3-6-13-21(16)31-2/h3-14H,15H2,1-2H3,(H,25,28). The van der Waals surface area contributed by atoms with E-state index >= 15 is 0 Å². The highest BCUT2D eigenvalue weighted by atomic mass is 16.5. The van der Waals surface area contributed by atoms with Gasteiger partial charge in [0.2, 0.25) is 0 Å². The minimum Gasteiger partial charge on any atom is -0.497 e. The SMILES string of the molecule is COc1cccc(-n2nc(C(=O)NCc3ccccc3OC)c3ccccc3c2=O)c1. The van der Waals surface area contributed by atoms with E-state index in [-0.39, 0.29) is 17.8 Å². The van der Waals surface area contributed by atoms with Gasteiger partial charge in [-0.2, -0.15) is 9.78 Å². The summed E-state index contributed by atoms with van der Waals surface area (Å²) < 4.78 is 11.8. The lowest BCUT2D eigenvalue weighted by Crippen LogP contribution is -2.30. The summed E-state index contributed by atoms with van der Waals surface area (Å²) in [6, 6.07) is 21.4. The molecule has 0 radical (unpaired) electrons. The highest BCUT2D eigenvalue weighted by Gasteiger charge is 2.18. The van der Waals surface area contributed by atoms with Crippen molar-refractivity contribution >= 4 is 16.7 Å². The van der Waals surface area contributed by atoms with Crippen LogP contribution in [0, 0.1) is 0 Å². The van der Waals surface area contributed by atoms with Gasteiger partial charge in [-0.05, 0) is 24.3 Å². The summed E-state index contributed by atoms with van der Waals surface area (Å²) in [5.74, 6) is 0.877. The van der Waals surface area contributed by atoms with E-state index in [9.17, 15) is 9.59 Å². The van der Waals surface area contributed by atoms with E-state index in [1.54, 1.807) is 62.8 Å². The largest absolute Gasteiger partial charge is 0.497 e. The first kappa shape index (κ1) is 20.2. The van der Waals surface area contributed by atoms with Crippen LogP contribution in [0.15, 0.2) is 77.6 Å². The average Bonchev–Trinajstić information content (AvgIpc) is 2.83. The molecule has 0 saturated carbocycles. The van der Waals surface area contributed by atoms with Crippen LogP contribution in [0.2, 0.25) is 0 Å². The smallest absolute Gasteiger partial charge is 0.279 e. The Bertz CT molecular complexity index is 1310. The molecule has 0 fully saturated rings. The minimum absolute atomic E-state index is 0.160. The second-order valence-corrected chi connectivity index (χ2v) is 6.81. The lowest BCUT2D eigenvalue weighted by Gasteiger charge is -2.13. The number of carbonyl (C=O) groups excluding carboxylic acids is 1. The molecule has 0 aliphatic carbocycles. The molecule has 156 valence electrons. The molecule has 1 heterocycles. The number of methoxy groups -OCH3 is 2. The van der Waals surface area contributed by atoms with Crippen LogP contribution in [0.3, 0.4) is 0 Å². The molecule has 0 aliphatic rings. The number of fused-ring (bicyclic) bond motifs is 1. The molecule has 0 saturated heterocycles. The highest BCUT2D eigenvalue weighted by Crippen LogP contribution is 2.20. The number of rotatable bonds is 6. The van der Waals surface area contributed by atoms with Crippen LogP contribution in [0.5, 0.6) is 11.5 Å². The van der Waals surface area contributed by atoms with Gasteiger partial charge in [-0.1, -0.05) is 42.5 Å². The predicted octanol–water partition coefficient (Wildman–Crippen LogP) is 3.33. The van der Waals surface area contributed by atoms with Crippen molar-refractivity contribution in [3.63, 3.8) is 0 Å². The van der Waals surface area contributed by atoms with Crippen LogP contribution in [-0.4, -0.2) is 29.9 Å². The number of hydrogen-bond acceptors (Lipinski definition) is 5. The van der Waals surface area contributed by atoms with Gasteiger partial charge < -0.3 is 14.8 Å². The van der Waals surface area contributed by atoms with Crippen LogP contribution in [0.25, 0.3) is 16.5 Å². The number of hydrogen-bond donors (Lipinski definition) is 1. The summed E-state index contributed by atoms with van der Waals surface area (Å²) in [5, 5.41) is 8.18. The number of amides is 1. The van der Waals surface area contributed by atoms with Crippen molar-refractivity contribution in [3.8, 4) is 17.2 Å². The molecule has 4 rings (SSSR count). The Kier molecular flexibility index (Phi) is 5.66. The maximum atomic E-state index is 13.1. The molecule has 1 N–H and O–H groups in total. The van der Waals surface area contributed by atoms with Crippen LogP contribution in [0.4, 0.5) is 0 Å². The molecule has 7 heteroatoms. The van der Waals surface area contributed by atoms with Crippen molar-refractivity contribution in [2.24, 2.45) is 0 Å². The molecule has 0 aliphatic heterocycles. The number of benzene rings is 3. The van der Waals surface area contributed by atoms with E-state index in [0.29, 0.717) is 28.0 Å². The van der Waals surface area contributed by atoms with Gasteiger partial charge in [-0.25, -0.2) is 0 Å². The molecule has 4 aromatic rings. The minimum atomic E-state index is -0.390. The van der Waals surface area contributed by atoms with Crippen LogP contribution in [0.1, 0.15) is 16.1 Å². The Morgan fingerprint density at radius 2 is 1.68 bits per heavy atom.